The highest BCUT2D eigenvalue weighted by Crippen LogP contribution is 2.30. The highest BCUT2D eigenvalue weighted by atomic mass is 16.6. The van der Waals surface area contributed by atoms with Crippen molar-refractivity contribution in [2.45, 2.75) is 25.8 Å². The molecule has 0 amide bonds. The molecular weight excluding hydrogens is 242 g/mol. The fourth-order valence-electron chi connectivity index (χ4n) is 2.10. The van der Waals surface area contributed by atoms with E-state index in [1.807, 2.05) is 6.07 Å². The van der Waals surface area contributed by atoms with Crippen molar-refractivity contribution in [1.29, 1.82) is 0 Å². The minimum atomic E-state index is 0.483. The minimum Gasteiger partial charge on any atom is -0.486 e. The number of hydrogen-bond donors (Lipinski definition) is 1. The van der Waals surface area contributed by atoms with Crippen LogP contribution in [0.5, 0.6) is 11.5 Å². The van der Waals surface area contributed by atoms with Crippen LogP contribution in [0.1, 0.15) is 18.9 Å². The molecule has 1 aliphatic rings. The molecule has 0 saturated carbocycles. The van der Waals surface area contributed by atoms with Gasteiger partial charge in [0.2, 0.25) is 0 Å². The van der Waals surface area contributed by atoms with E-state index in [0.717, 1.165) is 37.5 Å². The highest BCUT2D eigenvalue weighted by Gasteiger charge is 2.11. The number of ether oxygens (including phenoxy) is 3. The molecule has 1 heterocycles. The summed E-state index contributed by atoms with van der Waals surface area (Å²) in [6, 6.07) is 6.67. The second-order valence-electron chi connectivity index (χ2n) is 4.86. The fraction of sp³-hybridized carbons (Fsp3) is 0.600. The molecule has 1 aromatic carbocycles. The van der Waals surface area contributed by atoms with Crippen LogP contribution in [-0.2, 0) is 11.2 Å². The van der Waals surface area contributed by atoms with Crippen LogP contribution in [-0.4, -0.2) is 39.5 Å². The number of benzene rings is 1. The predicted octanol–water partition coefficient (Wildman–Crippen LogP) is 2.01. The first-order valence-corrected chi connectivity index (χ1v) is 6.90. The van der Waals surface area contributed by atoms with Gasteiger partial charge in [0, 0.05) is 19.8 Å². The van der Waals surface area contributed by atoms with Gasteiger partial charge in [-0.25, -0.2) is 0 Å². The monoisotopic (exact) mass is 265 g/mol. The van der Waals surface area contributed by atoms with E-state index in [2.05, 4.69) is 24.4 Å². The Kier molecular flexibility index (Phi) is 5.48. The molecule has 2 rings (SSSR count). The van der Waals surface area contributed by atoms with E-state index >= 15 is 0 Å². The average Bonchev–Trinajstić information content (AvgIpc) is 2.45. The Balaban J connectivity index is 1.77. The van der Waals surface area contributed by atoms with Crippen molar-refractivity contribution in [2.75, 3.05) is 33.5 Å². The normalized spacial score (nSPS) is 15.3. The molecule has 0 fully saturated rings. The van der Waals surface area contributed by atoms with Crippen LogP contribution in [0.25, 0.3) is 0 Å². The number of methoxy groups -OCH3 is 1. The molecule has 0 radical (unpaired) electrons. The quantitative estimate of drug-likeness (QED) is 0.818. The van der Waals surface area contributed by atoms with Crippen LogP contribution in [0, 0.1) is 0 Å². The molecule has 0 saturated heterocycles. The topological polar surface area (TPSA) is 39.7 Å². The second kappa shape index (κ2) is 7.36. The number of hydrogen-bond acceptors (Lipinski definition) is 4. The molecule has 1 unspecified atom stereocenters. The molecule has 1 atom stereocenters. The summed E-state index contributed by atoms with van der Waals surface area (Å²) in [5.74, 6) is 1.73. The molecule has 1 N–H and O–H groups in total. The molecule has 4 nitrogen and oxygen atoms in total. The molecule has 1 aromatic rings. The van der Waals surface area contributed by atoms with Crippen LogP contribution in [0.4, 0.5) is 0 Å². The van der Waals surface area contributed by atoms with Crippen molar-refractivity contribution in [1.82, 2.24) is 5.32 Å². The summed E-state index contributed by atoms with van der Waals surface area (Å²) < 4.78 is 16.2. The molecule has 19 heavy (non-hydrogen) atoms. The Labute approximate surface area is 115 Å². The number of rotatable bonds is 7. The Morgan fingerprint density at radius 1 is 1.26 bits per heavy atom. The predicted molar refractivity (Wildman–Crippen MR) is 75.1 cm³/mol. The summed E-state index contributed by atoms with van der Waals surface area (Å²) in [5.41, 5.74) is 1.27. The van der Waals surface area contributed by atoms with E-state index in [1.54, 1.807) is 7.11 Å². The summed E-state index contributed by atoms with van der Waals surface area (Å²) in [6.45, 7) is 5.24. The minimum absolute atomic E-state index is 0.483. The average molecular weight is 265 g/mol. The van der Waals surface area contributed by atoms with Gasteiger partial charge in [0.15, 0.2) is 11.5 Å². The van der Waals surface area contributed by atoms with Gasteiger partial charge in [-0.05, 0) is 44.0 Å². The molecule has 0 aromatic heterocycles. The van der Waals surface area contributed by atoms with Gasteiger partial charge in [-0.2, -0.15) is 0 Å². The maximum absolute atomic E-state index is 5.58. The van der Waals surface area contributed by atoms with E-state index in [4.69, 9.17) is 14.2 Å². The first kappa shape index (κ1) is 14.2. The van der Waals surface area contributed by atoms with Gasteiger partial charge in [0.05, 0.1) is 0 Å². The summed E-state index contributed by atoms with van der Waals surface area (Å²) in [6.07, 6.45) is 2.03. The Bertz CT molecular complexity index is 395. The lowest BCUT2D eigenvalue weighted by Gasteiger charge is -2.19. The van der Waals surface area contributed by atoms with Crippen molar-refractivity contribution >= 4 is 0 Å². The number of fused-ring (bicyclic) bond motifs is 1. The molecule has 4 heteroatoms. The maximum Gasteiger partial charge on any atom is 0.161 e. The largest absolute Gasteiger partial charge is 0.486 e. The fourth-order valence-corrected chi connectivity index (χ4v) is 2.10. The Morgan fingerprint density at radius 3 is 2.84 bits per heavy atom. The van der Waals surface area contributed by atoms with Crippen LogP contribution in [0.3, 0.4) is 0 Å². The summed E-state index contributed by atoms with van der Waals surface area (Å²) in [4.78, 5) is 0. The van der Waals surface area contributed by atoms with Gasteiger partial charge >= 0.3 is 0 Å². The molecule has 0 bridgehead atoms. The number of nitrogens with one attached hydrogen (secondary N) is 1. The zero-order valence-electron chi connectivity index (χ0n) is 11.8. The Morgan fingerprint density at radius 2 is 2.05 bits per heavy atom. The van der Waals surface area contributed by atoms with Crippen LogP contribution >= 0.6 is 0 Å². The van der Waals surface area contributed by atoms with Gasteiger partial charge < -0.3 is 19.5 Å². The third kappa shape index (κ3) is 4.40. The van der Waals surface area contributed by atoms with Crippen molar-refractivity contribution in [2.24, 2.45) is 0 Å². The van der Waals surface area contributed by atoms with Gasteiger partial charge in [0.1, 0.15) is 13.2 Å². The summed E-state index contributed by atoms with van der Waals surface area (Å²) in [5, 5.41) is 3.49. The van der Waals surface area contributed by atoms with Crippen LogP contribution < -0.4 is 14.8 Å². The third-order valence-electron chi connectivity index (χ3n) is 3.27. The summed E-state index contributed by atoms with van der Waals surface area (Å²) in [7, 11) is 1.74. The van der Waals surface area contributed by atoms with E-state index in [1.165, 1.54) is 5.56 Å². The highest BCUT2D eigenvalue weighted by molar-refractivity contribution is 5.43. The van der Waals surface area contributed by atoms with Gasteiger partial charge in [-0.15, -0.1) is 0 Å². The van der Waals surface area contributed by atoms with Crippen LogP contribution in [0.15, 0.2) is 18.2 Å². The zero-order valence-corrected chi connectivity index (χ0v) is 11.8. The van der Waals surface area contributed by atoms with Crippen molar-refractivity contribution in [3.8, 4) is 11.5 Å². The van der Waals surface area contributed by atoms with Crippen LogP contribution in [0.2, 0.25) is 0 Å². The maximum atomic E-state index is 5.58. The lowest BCUT2D eigenvalue weighted by molar-refractivity contribution is 0.171. The van der Waals surface area contributed by atoms with Crippen molar-refractivity contribution in [3.63, 3.8) is 0 Å². The lowest BCUT2D eigenvalue weighted by atomic mass is 10.1. The summed E-state index contributed by atoms with van der Waals surface area (Å²) >= 11 is 0. The molecule has 1 aliphatic heterocycles. The van der Waals surface area contributed by atoms with Crippen molar-refractivity contribution in [3.05, 3.63) is 23.8 Å². The van der Waals surface area contributed by atoms with E-state index in [0.29, 0.717) is 19.3 Å². The standard InChI is InChI=1S/C15H23NO3/c1-12(6-8-17-2)16-7-5-13-3-4-14-15(11-13)19-10-9-18-14/h3-4,11-12,16H,5-10H2,1-2H3. The third-order valence-corrected chi connectivity index (χ3v) is 3.27. The molecule has 0 spiro atoms. The molecule has 106 valence electrons. The van der Waals surface area contributed by atoms with Gasteiger partial charge in [-0.3, -0.25) is 0 Å². The first-order chi connectivity index (χ1) is 9.29. The van der Waals surface area contributed by atoms with E-state index in [-0.39, 0.29) is 0 Å². The molecular formula is C15H23NO3. The first-order valence-electron chi connectivity index (χ1n) is 6.90. The van der Waals surface area contributed by atoms with E-state index in [9.17, 15) is 0 Å². The molecule has 0 aliphatic carbocycles. The zero-order chi connectivity index (χ0) is 13.5. The smallest absolute Gasteiger partial charge is 0.161 e. The SMILES string of the molecule is COCCC(C)NCCc1ccc2c(c1)OCCO2. The van der Waals surface area contributed by atoms with Gasteiger partial charge in [-0.1, -0.05) is 6.07 Å². The van der Waals surface area contributed by atoms with Gasteiger partial charge in [0.25, 0.3) is 0 Å². The van der Waals surface area contributed by atoms with Crippen molar-refractivity contribution < 1.29 is 14.2 Å². The lowest BCUT2D eigenvalue weighted by Crippen LogP contribution is -2.29. The second-order valence-corrected chi connectivity index (χ2v) is 4.86. The Hall–Kier alpha value is -1.26. The van der Waals surface area contributed by atoms with E-state index < -0.39 is 0 Å².